The third-order valence-corrected chi connectivity index (χ3v) is 4.04. The van der Waals surface area contributed by atoms with Crippen LogP contribution in [0.15, 0.2) is 24.3 Å². The fourth-order valence-electron chi connectivity index (χ4n) is 2.71. The Morgan fingerprint density at radius 1 is 0.939 bits per heavy atom. The number of esters is 2. The maximum Gasteiger partial charge on any atom is 0.408 e. The standard InChI is InChI=1S/C23H34N2O8/c1-22(2,3)32-19(26)11-9-7-8-10-18(24-21(28)33-23(4,5)6)20(27)31-17-14-12-16(13-15-17)25(29)30/h12-15,18H,7-11H2,1-6H3,(H,24,28). The summed E-state index contributed by atoms with van der Waals surface area (Å²) >= 11 is 0. The van der Waals surface area contributed by atoms with Crippen molar-refractivity contribution < 1.29 is 33.5 Å². The van der Waals surface area contributed by atoms with Gasteiger partial charge in [-0.25, -0.2) is 9.59 Å². The van der Waals surface area contributed by atoms with E-state index in [0.717, 1.165) is 0 Å². The van der Waals surface area contributed by atoms with Crippen molar-refractivity contribution in [2.24, 2.45) is 0 Å². The van der Waals surface area contributed by atoms with E-state index in [9.17, 15) is 24.5 Å². The number of hydrogen-bond donors (Lipinski definition) is 1. The number of alkyl carbamates (subject to hydrolysis) is 1. The SMILES string of the molecule is CC(C)(C)OC(=O)CCCCCC(NC(=O)OC(C)(C)C)C(=O)Oc1ccc([N+](=O)[O-])cc1. The maximum absolute atomic E-state index is 12.7. The second-order valence-corrected chi connectivity index (χ2v) is 9.56. The van der Waals surface area contributed by atoms with Gasteiger partial charge in [0.25, 0.3) is 5.69 Å². The molecule has 184 valence electrons. The largest absolute Gasteiger partial charge is 0.460 e. The molecule has 1 aromatic rings. The van der Waals surface area contributed by atoms with Crippen molar-refractivity contribution >= 4 is 23.7 Å². The lowest BCUT2D eigenvalue weighted by Gasteiger charge is -2.23. The number of nitro benzene ring substituents is 1. The molecule has 0 saturated heterocycles. The van der Waals surface area contributed by atoms with Crippen LogP contribution >= 0.6 is 0 Å². The van der Waals surface area contributed by atoms with Gasteiger partial charge in [0.05, 0.1) is 4.92 Å². The molecule has 10 heteroatoms. The molecule has 0 aromatic heterocycles. The van der Waals surface area contributed by atoms with E-state index in [1.807, 2.05) is 0 Å². The Morgan fingerprint density at radius 3 is 2.03 bits per heavy atom. The molecular formula is C23H34N2O8. The van der Waals surface area contributed by atoms with E-state index in [-0.39, 0.29) is 30.2 Å². The van der Waals surface area contributed by atoms with Crippen molar-refractivity contribution in [3.8, 4) is 5.75 Å². The van der Waals surface area contributed by atoms with E-state index in [4.69, 9.17) is 14.2 Å². The lowest BCUT2D eigenvalue weighted by Crippen LogP contribution is -2.45. The number of nitrogens with one attached hydrogen (secondary N) is 1. The molecule has 1 amide bonds. The predicted molar refractivity (Wildman–Crippen MR) is 121 cm³/mol. The molecule has 0 fully saturated rings. The first-order chi connectivity index (χ1) is 15.2. The molecule has 0 aliphatic carbocycles. The van der Waals surface area contributed by atoms with Crippen LogP contribution in [0.2, 0.25) is 0 Å². The van der Waals surface area contributed by atoms with Gasteiger partial charge in [-0.1, -0.05) is 12.8 Å². The summed E-state index contributed by atoms with van der Waals surface area (Å²) in [7, 11) is 0. The van der Waals surface area contributed by atoms with Crippen LogP contribution in [0.1, 0.15) is 73.6 Å². The summed E-state index contributed by atoms with van der Waals surface area (Å²) in [5.74, 6) is -0.892. The van der Waals surface area contributed by atoms with Crippen LogP contribution in [0.3, 0.4) is 0 Å². The summed E-state index contributed by atoms with van der Waals surface area (Å²) < 4.78 is 15.8. The van der Waals surface area contributed by atoms with E-state index in [2.05, 4.69) is 5.32 Å². The Hall–Kier alpha value is -3.17. The van der Waals surface area contributed by atoms with E-state index in [1.54, 1.807) is 41.5 Å². The summed E-state index contributed by atoms with van der Waals surface area (Å²) in [6.45, 7) is 10.5. The Kier molecular flexibility index (Phi) is 10.3. The lowest BCUT2D eigenvalue weighted by atomic mass is 10.1. The Labute approximate surface area is 194 Å². The van der Waals surface area contributed by atoms with Crippen LogP contribution in [-0.2, 0) is 19.1 Å². The third-order valence-electron chi connectivity index (χ3n) is 4.04. The molecule has 1 rings (SSSR count). The highest BCUT2D eigenvalue weighted by Gasteiger charge is 2.26. The van der Waals surface area contributed by atoms with Gasteiger partial charge in [-0.3, -0.25) is 14.9 Å². The van der Waals surface area contributed by atoms with Crippen molar-refractivity contribution in [2.45, 2.75) is 90.9 Å². The monoisotopic (exact) mass is 466 g/mol. The molecule has 0 spiro atoms. The van der Waals surface area contributed by atoms with Crippen LogP contribution in [0.4, 0.5) is 10.5 Å². The number of unbranched alkanes of at least 4 members (excludes halogenated alkanes) is 2. The van der Waals surface area contributed by atoms with Gasteiger partial charge in [0.15, 0.2) is 0 Å². The highest BCUT2D eigenvalue weighted by atomic mass is 16.6. The van der Waals surface area contributed by atoms with Crippen molar-refractivity contribution in [3.63, 3.8) is 0 Å². The summed E-state index contributed by atoms with van der Waals surface area (Å²) in [6.07, 6.45) is 1.51. The van der Waals surface area contributed by atoms with Crippen LogP contribution in [0.5, 0.6) is 5.75 Å². The Balaban J connectivity index is 2.68. The number of nitrogens with zero attached hydrogens (tertiary/aromatic N) is 1. The van der Waals surface area contributed by atoms with Crippen LogP contribution < -0.4 is 10.1 Å². The summed E-state index contributed by atoms with van der Waals surface area (Å²) in [5.41, 5.74) is -1.42. The number of benzene rings is 1. The number of hydrogen-bond acceptors (Lipinski definition) is 8. The second-order valence-electron chi connectivity index (χ2n) is 9.56. The molecular weight excluding hydrogens is 432 g/mol. The quantitative estimate of drug-likeness (QED) is 0.173. The molecule has 1 N–H and O–H groups in total. The van der Waals surface area contributed by atoms with E-state index in [1.165, 1.54) is 24.3 Å². The minimum atomic E-state index is -0.989. The maximum atomic E-state index is 12.7. The fourth-order valence-corrected chi connectivity index (χ4v) is 2.71. The molecule has 0 heterocycles. The lowest BCUT2D eigenvalue weighted by molar-refractivity contribution is -0.384. The summed E-state index contributed by atoms with van der Waals surface area (Å²) in [6, 6.07) is 4.06. The van der Waals surface area contributed by atoms with E-state index in [0.29, 0.717) is 19.3 Å². The number of carbonyl (C=O) groups is 3. The first-order valence-electron chi connectivity index (χ1n) is 10.8. The molecule has 0 aliphatic heterocycles. The molecule has 1 atom stereocenters. The predicted octanol–water partition coefficient (Wildman–Crippen LogP) is 4.69. The fraction of sp³-hybridized carbons (Fsp3) is 0.609. The number of amides is 1. The van der Waals surface area contributed by atoms with Crippen LogP contribution in [0, 0.1) is 10.1 Å². The minimum Gasteiger partial charge on any atom is -0.460 e. The molecule has 1 aromatic carbocycles. The Morgan fingerprint density at radius 2 is 1.52 bits per heavy atom. The zero-order valence-corrected chi connectivity index (χ0v) is 20.1. The number of carbonyl (C=O) groups excluding carboxylic acids is 3. The molecule has 0 radical (unpaired) electrons. The number of ether oxygens (including phenoxy) is 3. The van der Waals surface area contributed by atoms with Gasteiger partial charge in [-0.2, -0.15) is 0 Å². The van der Waals surface area contributed by atoms with Crippen LogP contribution in [-0.4, -0.2) is 40.2 Å². The topological polar surface area (TPSA) is 134 Å². The van der Waals surface area contributed by atoms with Gasteiger partial charge in [0.1, 0.15) is 23.0 Å². The third kappa shape index (κ3) is 12.4. The Bertz CT molecular complexity index is 822. The van der Waals surface area contributed by atoms with E-state index < -0.39 is 34.2 Å². The zero-order chi connectivity index (χ0) is 25.2. The van der Waals surface area contributed by atoms with Crippen molar-refractivity contribution in [3.05, 3.63) is 34.4 Å². The average molecular weight is 467 g/mol. The average Bonchev–Trinajstić information content (AvgIpc) is 2.64. The van der Waals surface area contributed by atoms with Gasteiger partial charge in [-0.15, -0.1) is 0 Å². The molecule has 0 aliphatic rings. The minimum absolute atomic E-state index is 0.117. The van der Waals surface area contributed by atoms with Crippen molar-refractivity contribution in [1.82, 2.24) is 5.32 Å². The smallest absolute Gasteiger partial charge is 0.408 e. The van der Waals surface area contributed by atoms with Crippen molar-refractivity contribution in [2.75, 3.05) is 0 Å². The highest BCUT2D eigenvalue weighted by Crippen LogP contribution is 2.19. The van der Waals surface area contributed by atoms with Crippen molar-refractivity contribution in [1.29, 1.82) is 0 Å². The molecule has 10 nitrogen and oxygen atoms in total. The second kappa shape index (κ2) is 12.2. The van der Waals surface area contributed by atoms with Gasteiger partial charge >= 0.3 is 18.0 Å². The highest BCUT2D eigenvalue weighted by molar-refractivity contribution is 5.83. The number of non-ortho nitro benzene ring substituents is 1. The number of nitro groups is 1. The first kappa shape index (κ1) is 27.9. The van der Waals surface area contributed by atoms with Gasteiger partial charge in [0.2, 0.25) is 0 Å². The molecule has 1 unspecified atom stereocenters. The normalized spacial score (nSPS) is 12.4. The molecule has 0 saturated carbocycles. The summed E-state index contributed by atoms with van der Waals surface area (Å²) in [5, 5.41) is 13.3. The number of rotatable bonds is 10. The van der Waals surface area contributed by atoms with Gasteiger partial charge < -0.3 is 19.5 Å². The molecule has 33 heavy (non-hydrogen) atoms. The van der Waals surface area contributed by atoms with Crippen LogP contribution in [0.25, 0.3) is 0 Å². The van der Waals surface area contributed by atoms with E-state index >= 15 is 0 Å². The molecule has 0 bridgehead atoms. The first-order valence-corrected chi connectivity index (χ1v) is 10.8. The van der Waals surface area contributed by atoms with Gasteiger partial charge in [0, 0.05) is 18.6 Å². The summed E-state index contributed by atoms with van der Waals surface area (Å²) in [4.78, 5) is 46.8. The zero-order valence-electron chi connectivity index (χ0n) is 20.1. The van der Waals surface area contributed by atoms with Gasteiger partial charge in [-0.05, 0) is 66.5 Å².